The summed E-state index contributed by atoms with van der Waals surface area (Å²) in [7, 11) is 3.49. The molecule has 0 amide bonds. The Kier molecular flexibility index (Phi) is 5.15. The summed E-state index contributed by atoms with van der Waals surface area (Å²) in [5.74, 6) is 1.07. The molecule has 0 aliphatic carbocycles. The molecule has 2 N–H and O–H groups in total. The van der Waals surface area contributed by atoms with Crippen LogP contribution < -0.4 is 16.0 Å². The second-order valence-corrected chi connectivity index (χ2v) is 9.09. The number of fused-ring (bicyclic) bond motifs is 3. The lowest BCUT2D eigenvalue weighted by Crippen LogP contribution is -2.17. The number of hydrogen-bond donors (Lipinski definition) is 1. The number of hydrogen-bond acceptors (Lipinski definition) is 4. The number of aromatic nitrogens is 1. The molecule has 0 saturated carbocycles. The van der Waals surface area contributed by atoms with Gasteiger partial charge >= 0.3 is 0 Å². The van der Waals surface area contributed by atoms with Crippen molar-refractivity contribution < 1.29 is 4.74 Å². The van der Waals surface area contributed by atoms with Gasteiger partial charge in [0.1, 0.15) is 10.4 Å². The van der Waals surface area contributed by atoms with Crippen molar-refractivity contribution in [2.24, 2.45) is 12.8 Å². The maximum atomic E-state index is 12.9. The summed E-state index contributed by atoms with van der Waals surface area (Å²) >= 11 is 7.64. The number of benzene rings is 2. The van der Waals surface area contributed by atoms with Crippen molar-refractivity contribution in [3.63, 3.8) is 0 Å². The first-order valence-electron chi connectivity index (χ1n) is 9.47. The first-order chi connectivity index (χ1) is 13.9. The second kappa shape index (κ2) is 7.48. The summed E-state index contributed by atoms with van der Waals surface area (Å²) < 4.78 is 8.75. The van der Waals surface area contributed by atoms with Crippen LogP contribution in [0.5, 0.6) is 5.75 Å². The van der Waals surface area contributed by atoms with Crippen molar-refractivity contribution in [3.8, 4) is 16.9 Å². The molecule has 0 radical (unpaired) electrons. The number of rotatable bonds is 4. The van der Waals surface area contributed by atoms with Gasteiger partial charge < -0.3 is 15.0 Å². The lowest BCUT2D eigenvalue weighted by atomic mass is 9.92. The Morgan fingerprint density at radius 2 is 1.93 bits per heavy atom. The number of thiophene rings is 1. The first-order valence-corrected chi connectivity index (χ1v) is 10.7. The average Bonchev–Trinajstić information content (AvgIpc) is 3.12. The Hall–Kier alpha value is -2.34. The Bertz CT molecular complexity index is 1290. The third-order valence-electron chi connectivity index (χ3n) is 5.60. The standard InChI is InChI=1S/C23H23ClN2O2S/c1-12-9-17(28-4)19(15-7-5-14(6-8-15)13(2)11-25)20-16-10-18(24)29-22(16)23(27)26(3)21(12)20/h5-10,13H,11,25H2,1-4H3. The van der Waals surface area contributed by atoms with Crippen LogP contribution in [0.25, 0.3) is 32.1 Å². The predicted molar refractivity (Wildman–Crippen MR) is 124 cm³/mol. The number of ether oxygens (including phenoxy) is 1. The third kappa shape index (κ3) is 3.14. The number of halogens is 1. The molecule has 2 aromatic carbocycles. The summed E-state index contributed by atoms with van der Waals surface area (Å²) in [5, 5.41) is 1.86. The summed E-state index contributed by atoms with van der Waals surface area (Å²) in [5.41, 5.74) is 10.9. The van der Waals surface area contributed by atoms with Crippen LogP contribution in [0.15, 0.2) is 41.2 Å². The minimum atomic E-state index is -0.0317. The van der Waals surface area contributed by atoms with Gasteiger partial charge in [0.2, 0.25) is 0 Å². The lowest BCUT2D eigenvalue weighted by molar-refractivity contribution is 0.416. The first kappa shape index (κ1) is 20.0. The molecule has 0 fully saturated rings. The molecular weight excluding hydrogens is 404 g/mol. The van der Waals surface area contributed by atoms with Crippen molar-refractivity contribution in [2.75, 3.05) is 13.7 Å². The zero-order chi connectivity index (χ0) is 20.9. The van der Waals surface area contributed by atoms with Crippen LogP contribution in [-0.4, -0.2) is 18.2 Å². The molecule has 4 nitrogen and oxygen atoms in total. The number of aryl methyl sites for hydroxylation is 2. The Morgan fingerprint density at radius 3 is 2.55 bits per heavy atom. The van der Waals surface area contributed by atoms with Crippen LogP contribution >= 0.6 is 22.9 Å². The summed E-state index contributed by atoms with van der Waals surface area (Å²) in [4.78, 5) is 12.9. The quantitative estimate of drug-likeness (QED) is 0.471. The summed E-state index contributed by atoms with van der Waals surface area (Å²) in [6.07, 6.45) is 0. The van der Waals surface area contributed by atoms with Gasteiger partial charge in [0.25, 0.3) is 5.56 Å². The fourth-order valence-electron chi connectivity index (χ4n) is 3.99. The molecule has 29 heavy (non-hydrogen) atoms. The van der Waals surface area contributed by atoms with Gasteiger partial charge in [0, 0.05) is 23.4 Å². The molecule has 1 atom stereocenters. The van der Waals surface area contributed by atoms with Crippen LogP contribution in [0, 0.1) is 6.92 Å². The average molecular weight is 427 g/mol. The Labute approximate surface area is 178 Å². The van der Waals surface area contributed by atoms with E-state index >= 15 is 0 Å². The molecular formula is C23H23ClN2O2S. The minimum Gasteiger partial charge on any atom is -0.496 e. The smallest absolute Gasteiger partial charge is 0.268 e. The molecule has 6 heteroatoms. The van der Waals surface area contributed by atoms with Gasteiger partial charge in [-0.25, -0.2) is 0 Å². The zero-order valence-corrected chi connectivity index (χ0v) is 18.4. The van der Waals surface area contributed by atoms with Gasteiger partial charge in [-0.15, -0.1) is 11.3 Å². The topological polar surface area (TPSA) is 57.2 Å². The molecule has 0 spiro atoms. The molecule has 0 saturated heterocycles. The number of nitrogens with two attached hydrogens (primary N) is 1. The molecule has 1 unspecified atom stereocenters. The normalized spacial score (nSPS) is 12.6. The van der Waals surface area contributed by atoms with E-state index in [0.717, 1.165) is 38.7 Å². The van der Waals surface area contributed by atoms with Crippen molar-refractivity contribution in [3.05, 3.63) is 62.2 Å². The third-order valence-corrected chi connectivity index (χ3v) is 6.85. The lowest BCUT2D eigenvalue weighted by Gasteiger charge is -2.18. The summed E-state index contributed by atoms with van der Waals surface area (Å²) in [6, 6.07) is 12.3. The van der Waals surface area contributed by atoms with E-state index in [0.29, 0.717) is 21.5 Å². The SMILES string of the molecule is COc1cc(C)c2c(c1-c1ccc(C(C)CN)cc1)c1cc(Cl)sc1c(=O)n2C. The van der Waals surface area contributed by atoms with Gasteiger partial charge in [-0.05, 0) is 48.2 Å². The highest BCUT2D eigenvalue weighted by molar-refractivity contribution is 7.22. The highest BCUT2D eigenvalue weighted by Crippen LogP contribution is 2.43. The van der Waals surface area contributed by atoms with E-state index in [1.54, 1.807) is 11.7 Å². The number of pyridine rings is 1. The van der Waals surface area contributed by atoms with Crippen molar-refractivity contribution >= 4 is 43.9 Å². The maximum absolute atomic E-state index is 12.9. The van der Waals surface area contributed by atoms with E-state index in [1.165, 1.54) is 16.9 Å². The highest BCUT2D eigenvalue weighted by atomic mass is 35.5. The molecule has 2 aromatic heterocycles. The van der Waals surface area contributed by atoms with Crippen molar-refractivity contribution in [1.82, 2.24) is 4.57 Å². The van der Waals surface area contributed by atoms with Gasteiger partial charge in [-0.1, -0.05) is 42.8 Å². The van der Waals surface area contributed by atoms with E-state index in [2.05, 4.69) is 31.2 Å². The monoisotopic (exact) mass is 426 g/mol. The van der Waals surface area contributed by atoms with E-state index in [4.69, 9.17) is 22.1 Å². The molecule has 150 valence electrons. The van der Waals surface area contributed by atoms with Crippen LogP contribution in [0.3, 0.4) is 0 Å². The van der Waals surface area contributed by atoms with Crippen molar-refractivity contribution in [2.45, 2.75) is 19.8 Å². The van der Waals surface area contributed by atoms with Gasteiger partial charge in [-0.3, -0.25) is 4.79 Å². The van der Waals surface area contributed by atoms with Gasteiger partial charge in [0.15, 0.2) is 0 Å². The Balaban J connectivity index is 2.15. The fraction of sp³-hybridized carbons (Fsp3) is 0.261. The molecule has 4 rings (SSSR count). The number of methoxy groups -OCH3 is 1. The maximum Gasteiger partial charge on any atom is 0.268 e. The molecule has 4 aromatic rings. The fourth-order valence-corrected chi connectivity index (χ4v) is 5.20. The molecule has 0 aliphatic rings. The van der Waals surface area contributed by atoms with Crippen LogP contribution in [0.1, 0.15) is 24.0 Å². The predicted octanol–water partition coefficient (Wildman–Crippen LogP) is 5.45. The molecule has 2 heterocycles. The van der Waals surface area contributed by atoms with E-state index in [9.17, 15) is 4.79 Å². The van der Waals surface area contributed by atoms with E-state index in [1.807, 2.05) is 26.1 Å². The minimum absolute atomic E-state index is 0.0317. The largest absolute Gasteiger partial charge is 0.496 e. The van der Waals surface area contributed by atoms with Gasteiger partial charge in [0.05, 0.1) is 17.0 Å². The van der Waals surface area contributed by atoms with E-state index < -0.39 is 0 Å². The zero-order valence-electron chi connectivity index (χ0n) is 16.9. The Morgan fingerprint density at radius 1 is 1.24 bits per heavy atom. The summed E-state index contributed by atoms with van der Waals surface area (Å²) in [6.45, 7) is 4.72. The second-order valence-electron chi connectivity index (χ2n) is 7.41. The van der Waals surface area contributed by atoms with Crippen LogP contribution in [-0.2, 0) is 7.05 Å². The van der Waals surface area contributed by atoms with Crippen LogP contribution in [0.4, 0.5) is 0 Å². The van der Waals surface area contributed by atoms with Crippen molar-refractivity contribution in [1.29, 1.82) is 0 Å². The van der Waals surface area contributed by atoms with Gasteiger partial charge in [-0.2, -0.15) is 0 Å². The number of nitrogens with zero attached hydrogens (tertiary/aromatic N) is 1. The van der Waals surface area contributed by atoms with E-state index in [-0.39, 0.29) is 5.56 Å². The molecule has 0 bridgehead atoms. The highest BCUT2D eigenvalue weighted by Gasteiger charge is 2.21. The van der Waals surface area contributed by atoms with Crippen LogP contribution in [0.2, 0.25) is 4.34 Å². The molecule has 0 aliphatic heterocycles.